The van der Waals surface area contributed by atoms with Crippen LogP contribution in [0.4, 0.5) is 11.4 Å². The number of aldehydes is 2. The molecule has 0 aromatic heterocycles. The van der Waals surface area contributed by atoms with Gasteiger partial charge >= 0.3 is 0 Å². The molecule has 0 saturated heterocycles. The van der Waals surface area contributed by atoms with E-state index in [0.717, 1.165) is 58.3 Å². The highest BCUT2D eigenvalue weighted by Crippen LogP contribution is 2.25. The summed E-state index contributed by atoms with van der Waals surface area (Å²) in [4.78, 5) is 22.7. The SMILES string of the molecule is CNc1ccc(-c2ccc(CN(C)c3cccc(/C=C/C=O)c3)cc2)cc1C=N.COC.O=Cc1ccccc1. The first kappa shape index (κ1) is 31.4. The smallest absolute Gasteiger partial charge is 0.150 e. The molecule has 2 N–H and O–H groups in total. The number of hydrogen-bond donors (Lipinski definition) is 2. The van der Waals surface area contributed by atoms with Crippen LogP contribution in [0.2, 0.25) is 0 Å². The average molecular weight is 536 g/mol. The molecule has 4 rings (SSSR count). The normalized spacial score (nSPS) is 9.90. The molecule has 6 heteroatoms. The Balaban J connectivity index is 0.000000427. The van der Waals surface area contributed by atoms with Crippen LogP contribution in [-0.4, -0.2) is 47.1 Å². The van der Waals surface area contributed by atoms with Gasteiger partial charge in [-0.2, -0.15) is 0 Å². The number of benzene rings is 4. The van der Waals surface area contributed by atoms with Gasteiger partial charge < -0.3 is 20.4 Å². The lowest BCUT2D eigenvalue weighted by Gasteiger charge is -2.20. The lowest BCUT2D eigenvalue weighted by Crippen LogP contribution is -2.16. The predicted octanol–water partition coefficient (Wildman–Crippen LogP) is 7.00. The molecule has 0 unspecified atom stereocenters. The van der Waals surface area contributed by atoms with E-state index < -0.39 is 0 Å². The molecule has 206 valence electrons. The van der Waals surface area contributed by atoms with Gasteiger partial charge in [-0.3, -0.25) is 9.59 Å². The number of nitrogens with zero attached hydrogens (tertiary/aromatic N) is 1. The monoisotopic (exact) mass is 535 g/mol. The van der Waals surface area contributed by atoms with Crippen LogP contribution in [0.3, 0.4) is 0 Å². The van der Waals surface area contributed by atoms with Gasteiger partial charge in [0.05, 0.1) is 0 Å². The van der Waals surface area contributed by atoms with Gasteiger partial charge in [0.1, 0.15) is 12.6 Å². The minimum Gasteiger partial charge on any atom is -0.388 e. The van der Waals surface area contributed by atoms with Crippen LogP contribution in [0.15, 0.2) is 103 Å². The zero-order valence-corrected chi connectivity index (χ0v) is 23.5. The fourth-order valence-corrected chi connectivity index (χ4v) is 3.81. The number of anilines is 2. The highest BCUT2D eigenvalue weighted by molar-refractivity contribution is 5.88. The van der Waals surface area contributed by atoms with Gasteiger partial charge in [-0.15, -0.1) is 0 Å². The number of hydrogen-bond acceptors (Lipinski definition) is 6. The van der Waals surface area contributed by atoms with Crippen molar-refractivity contribution in [3.05, 3.63) is 125 Å². The van der Waals surface area contributed by atoms with Crippen LogP contribution in [0.25, 0.3) is 17.2 Å². The topological polar surface area (TPSA) is 82.5 Å². The first-order valence-corrected chi connectivity index (χ1v) is 12.7. The molecule has 6 nitrogen and oxygen atoms in total. The van der Waals surface area contributed by atoms with Crippen molar-refractivity contribution in [1.29, 1.82) is 5.41 Å². The predicted molar refractivity (Wildman–Crippen MR) is 168 cm³/mol. The van der Waals surface area contributed by atoms with Crippen molar-refractivity contribution in [2.75, 3.05) is 38.5 Å². The number of allylic oxidation sites excluding steroid dienone is 1. The average Bonchev–Trinajstić information content (AvgIpc) is 3.01. The van der Waals surface area contributed by atoms with Crippen LogP contribution in [0.5, 0.6) is 0 Å². The number of ether oxygens (including phenoxy) is 1. The van der Waals surface area contributed by atoms with Gasteiger partial charge in [-0.05, 0) is 52.6 Å². The fourth-order valence-electron chi connectivity index (χ4n) is 3.81. The van der Waals surface area contributed by atoms with E-state index in [9.17, 15) is 9.59 Å². The molecule has 0 aliphatic carbocycles. The Morgan fingerprint density at radius 2 is 1.48 bits per heavy atom. The fraction of sp³-hybridized carbons (Fsp3) is 0.147. The van der Waals surface area contributed by atoms with Gasteiger partial charge in [-0.1, -0.05) is 78.9 Å². The van der Waals surface area contributed by atoms with E-state index in [1.165, 1.54) is 17.9 Å². The van der Waals surface area contributed by atoms with Crippen molar-refractivity contribution < 1.29 is 14.3 Å². The number of methoxy groups -OCH3 is 1. The molecule has 4 aromatic rings. The molecule has 0 amide bonds. The summed E-state index contributed by atoms with van der Waals surface area (Å²) in [6.45, 7) is 0.783. The third kappa shape index (κ3) is 10.2. The van der Waals surface area contributed by atoms with Crippen molar-refractivity contribution in [3.8, 4) is 11.1 Å². The number of nitrogens with one attached hydrogen (secondary N) is 2. The molecule has 0 aliphatic rings. The van der Waals surface area contributed by atoms with Gasteiger partial charge in [-0.25, -0.2) is 0 Å². The zero-order valence-electron chi connectivity index (χ0n) is 23.5. The number of rotatable bonds is 9. The van der Waals surface area contributed by atoms with E-state index >= 15 is 0 Å². The minimum absolute atomic E-state index is 0.729. The molecular formula is C34H37N3O3. The van der Waals surface area contributed by atoms with Gasteiger partial charge in [0, 0.05) is 63.6 Å². The summed E-state index contributed by atoms with van der Waals surface area (Å²) in [5.74, 6) is 0. The van der Waals surface area contributed by atoms with Crippen LogP contribution < -0.4 is 10.2 Å². The molecule has 0 bridgehead atoms. The first-order chi connectivity index (χ1) is 19.5. The summed E-state index contributed by atoms with van der Waals surface area (Å²) in [6.07, 6.45) is 6.30. The molecule has 0 fully saturated rings. The van der Waals surface area contributed by atoms with Crippen molar-refractivity contribution in [3.63, 3.8) is 0 Å². The molecule has 0 saturated carbocycles. The highest BCUT2D eigenvalue weighted by atomic mass is 16.4. The molecule has 0 heterocycles. The lowest BCUT2D eigenvalue weighted by atomic mass is 10.0. The molecular weight excluding hydrogens is 498 g/mol. The third-order valence-corrected chi connectivity index (χ3v) is 5.80. The van der Waals surface area contributed by atoms with E-state index in [0.29, 0.717) is 0 Å². The molecule has 4 aromatic carbocycles. The van der Waals surface area contributed by atoms with Crippen LogP contribution in [0.1, 0.15) is 27.0 Å². The van der Waals surface area contributed by atoms with Crippen molar-refractivity contribution in [1.82, 2.24) is 0 Å². The quantitative estimate of drug-likeness (QED) is 0.137. The maximum absolute atomic E-state index is 10.5. The van der Waals surface area contributed by atoms with E-state index in [2.05, 4.69) is 64.5 Å². The van der Waals surface area contributed by atoms with Crippen LogP contribution in [0, 0.1) is 5.41 Å². The van der Waals surface area contributed by atoms with Crippen LogP contribution >= 0.6 is 0 Å². The largest absolute Gasteiger partial charge is 0.388 e. The van der Waals surface area contributed by atoms with E-state index in [-0.39, 0.29) is 0 Å². The zero-order chi connectivity index (χ0) is 29.2. The van der Waals surface area contributed by atoms with Crippen molar-refractivity contribution >= 4 is 36.2 Å². The summed E-state index contributed by atoms with van der Waals surface area (Å²) in [5, 5.41) is 10.7. The Labute approximate surface area is 237 Å². The molecule has 0 atom stereocenters. The summed E-state index contributed by atoms with van der Waals surface area (Å²) in [6, 6.07) is 31.8. The van der Waals surface area contributed by atoms with Gasteiger partial charge in [0.25, 0.3) is 0 Å². The second kappa shape index (κ2) is 17.7. The number of carbonyl (C=O) groups excluding carboxylic acids is 2. The van der Waals surface area contributed by atoms with E-state index in [1.54, 1.807) is 32.4 Å². The minimum atomic E-state index is 0.729. The summed E-state index contributed by atoms with van der Waals surface area (Å²) in [5.41, 5.74) is 8.09. The van der Waals surface area contributed by atoms with E-state index in [4.69, 9.17) is 5.41 Å². The van der Waals surface area contributed by atoms with Crippen molar-refractivity contribution in [2.45, 2.75) is 6.54 Å². The Kier molecular flexibility index (Phi) is 13.9. The second-order valence-electron chi connectivity index (χ2n) is 8.78. The summed E-state index contributed by atoms with van der Waals surface area (Å²) >= 11 is 0. The number of carbonyl (C=O) groups is 2. The molecule has 0 radical (unpaired) electrons. The first-order valence-electron chi connectivity index (χ1n) is 12.7. The highest BCUT2D eigenvalue weighted by Gasteiger charge is 2.06. The van der Waals surface area contributed by atoms with Gasteiger partial charge in [0.15, 0.2) is 0 Å². The summed E-state index contributed by atoms with van der Waals surface area (Å²) in [7, 11) is 7.17. The Bertz CT molecular complexity index is 1370. The third-order valence-electron chi connectivity index (χ3n) is 5.80. The molecule has 40 heavy (non-hydrogen) atoms. The second-order valence-corrected chi connectivity index (χ2v) is 8.78. The lowest BCUT2D eigenvalue weighted by molar-refractivity contribution is -0.104. The summed E-state index contributed by atoms with van der Waals surface area (Å²) < 4.78 is 4.25. The standard InChI is InChI=1S/C25H25N3O.C7H6O.C2H6O/c1-27-25-13-12-22(16-23(25)17-26)21-10-8-20(9-11-21)18-28(2)24-7-3-5-19(15-24)6-4-14-29;8-6-7-4-2-1-3-5-7;1-3-2/h3-17,26-27H,18H2,1-2H3;1-6H;1-2H3/b6-4+,26-17?;;. The maximum Gasteiger partial charge on any atom is 0.150 e. The molecule has 0 spiro atoms. The molecule has 0 aliphatic heterocycles. The Morgan fingerprint density at radius 3 is 2.05 bits per heavy atom. The van der Waals surface area contributed by atoms with Crippen LogP contribution in [-0.2, 0) is 16.1 Å². The Hall–Kier alpha value is -4.81. The Morgan fingerprint density at radius 1 is 0.825 bits per heavy atom. The maximum atomic E-state index is 10.5. The van der Waals surface area contributed by atoms with Gasteiger partial charge in [0.2, 0.25) is 0 Å². The van der Waals surface area contributed by atoms with E-state index in [1.807, 2.05) is 49.5 Å². The van der Waals surface area contributed by atoms with Crippen molar-refractivity contribution in [2.24, 2.45) is 0 Å².